The number of benzene rings is 4. The van der Waals surface area contributed by atoms with Crippen LogP contribution >= 0.6 is 0 Å². The van der Waals surface area contributed by atoms with Crippen LogP contribution in [0.2, 0.25) is 0 Å². The van der Waals surface area contributed by atoms with Crippen molar-refractivity contribution in [3.63, 3.8) is 0 Å². The van der Waals surface area contributed by atoms with Gasteiger partial charge < -0.3 is 21.4 Å². The standard InChI is InChI=1S/C12H12N2.C12H11NO3S/c13-11-5-1-3-9(7-11)10-4-2-6-12(14)8-10;13-10-5-4-6-11(9-10)16-17(14,15)12-7-2-1-3-8-12/h1-8H,13-14H2;1-9H,13H2. The Balaban J connectivity index is 0.000000179. The zero-order valence-corrected chi connectivity index (χ0v) is 17.5. The van der Waals surface area contributed by atoms with Gasteiger partial charge in [-0.2, -0.15) is 8.42 Å². The first kappa shape index (κ1) is 21.7. The molecule has 158 valence electrons. The van der Waals surface area contributed by atoms with Crippen LogP contribution in [0.5, 0.6) is 5.75 Å². The van der Waals surface area contributed by atoms with Gasteiger partial charge in [0.25, 0.3) is 0 Å². The lowest BCUT2D eigenvalue weighted by atomic mass is 10.0. The van der Waals surface area contributed by atoms with Crippen LogP contribution < -0.4 is 21.4 Å². The highest BCUT2D eigenvalue weighted by Gasteiger charge is 2.15. The fourth-order valence-corrected chi connectivity index (χ4v) is 3.71. The third-order valence-electron chi connectivity index (χ3n) is 4.20. The fraction of sp³-hybridized carbons (Fsp3) is 0. The molecule has 6 nitrogen and oxygen atoms in total. The SMILES string of the molecule is Nc1cccc(-c2cccc(N)c2)c1.Nc1cccc(OS(=O)(=O)c2ccccc2)c1. The smallest absolute Gasteiger partial charge is 0.339 e. The zero-order chi connectivity index (χ0) is 22.3. The summed E-state index contributed by atoms with van der Waals surface area (Å²) in [6.45, 7) is 0. The van der Waals surface area contributed by atoms with Crippen molar-refractivity contribution in [3.05, 3.63) is 103 Å². The van der Waals surface area contributed by atoms with Gasteiger partial charge in [0.05, 0.1) is 0 Å². The summed E-state index contributed by atoms with van der Waals surface area (Å²) < 4.78 is 28.7. The minimum absolute atomic E-state index is 0.113. The molecule has 0 atom stereocenters. The average Bonchev–Trinajstić information content (AvgIpc) is 2.75. The van der Waals surface area contributed by atoms with Crippen LogP contribution in [0.4, 0.5) is 17.1 Å². The van der Waals surface area contributed by atoms with Gasteiger partial charge in [0.2, 0.25) is 0 Å². The fourth-order valence-electron chi connectivity index (χ4n) is 2.76. The summed E-state index contributed by atoms with van der Waals surface area (Å²) in [6, 6.07) is 29.8. The Hall–Kier alpha value is -3.97. The van der Waals surface area contributed by atoms with Crippen molar-refractivity contribution in [2.45, 2.75) is 4.90 Å². The molecule has 0 unspecified atom stereocenters. The van der Waals surface area contributed by atoms with Crippen LogP contribution in [-0.4, -0.2) is 8.42 Å². The van der Waals surface area contributed by atoms with Crippen molar-refractivity contribution in [1.82, 2.24) is 0 Å². The molecular formula is C24H23N3O3S. The summed E-state index contributed by atoms with van der Waals surface area (Å²) in [5.74, 6) is 0.203. The number of anilines is 3. The highest BCUT2D eigenvalue weighted by Crippen LogP contribution is 2.23. The van der Waals surface area contributed by atoms with Gasteiger partial charge >= 0.3 is 10.1 Å². The van der Waals surface area contributed by atoms with E-state index in [2.05, 4.69) is 0 Å². The second kappa shape index (κ2) is 9.69. The predicted molar refractivity (Wildman–Crippen MR) is 126 cm³/mol. The molecule has 0 aliphatic heterocycles. The minimum atomic E-state index is -3.79. The molecule has 6 N–H and O–H groups in total. The largest absolute Gasteiger partial charge is 0.399 e. The van der Waals surface area contributed by atoms with Crippen LogP contribution in [0, 0.1) is 0 Å². The van der Waals surface area contributed by atoms with E-state index >= 15 is 0 Å². The van der Waals surface area contributed by atoms with Gasteiger partial charge in [-0.05, 0) is 59.7 Å². The van der Waals surface area contributed by atoms with E-state index in [0.717, 1.165) is 22.5 Å². The number of rotatable bonds is 4. The summed E-state index contributed by atoms with van der Waals surface area (Å²) >= 11 is 0. The summed E-state index contributed by atoms with van der Waals surface area (Å²) in [4.78, 5) is 0.113. The third-order valence-corrected chi connectivity index (χ3v) is 5.46. The van der Waals surface area contributed by atoms with E-state index < -0.39 is 10.1 Å². The molecule has 0 aliphatic rings. The molecule has 4 aromatic carbocycles. The Bertz CT molecular complexity index is 1220. The number of nitrogen functional groups attached to an aromatic ring is 3. The Morgan fingerprint density at radius 2 is 1.03 bits per heavy atom. The number of hydrogen-bond donors (Lipinski definition) is 3. The maximum absolute atomic E-state index is 11.8. The Labute approximate surface area is 182 Å². The molecule has 4 aromatic rings. The first-order chi connectivity index (χ1) is 14.8. The van der Waals surface area contributed by atoms with Gasteiger partial charge in [0, 0.05) is 23.1 Å². The average molecular weight is 434 g/mol. The van der Waals surface area contributed by atoms with Crippen molar-refractivity contribution in [1.29, 1.82) is 0 Å². The Morgan fingerprint density at radius 3 is 1.52 bits per heavy atom. The van der Waals surface area contributed by atoms with Gasteiger partial charge in [-0.3, -0.25) is 0 Å². The molecule has 0 saturated heterocycles. The summed E-state index contributed by atoms with van der Waals surface area (Å²) in [5.41, 5.74) is 21.1. The zero-order valence-electron chi connectivity index (χ0n) is 16.7. The van der Waals surface area contributed by atoms with Crippen LogP contribution in [0.3, 0.4) is 0 Å². The van der Waals surface area contributed by atoms with Crippen molar-refractivity contribution >= 4 is 27.2 Å². The lowest BCUT2D eigenvalue weighted by molar-refractivity contribution is 0.486. The molecule has 0 bridgehead atoms. The number of hydrogen-bond acceptors (Lipinski definition) is 6. The van der Waals surface area contributed by atoms with Crippen molar-refractivity contribution < 1.29 is 12.6 Å². The number of nitrogens with two attached hydrogens (primary N) is 3. The van der Waals surface area contributed by atoms with Gasteiger partial charge in [0.1, 0.15) is 10.6 Å². The molecule has 0 radical (unpaired) electrons. The highest BCUT2D eigenvalue weighted by atomic mass is 32.2. The van der Waals surface area contributed by atoms with E-state index in [1.807, 2.05) is 48.5 Å². The maximum atomic E-state index is 11.8. The van der Waals surface area contributed by atoms with Crippen LogP contribution in [0.1, 0.15) is 0 Å². The summed E-state index contributed by atoms with van der Waals surface area (Å²) in [5, 5.41) is 0. The molecule has 0 saturated carbocycles. The van der Waals surface area contributed by atoms with Gasteiger partial charge in [0.15, 0.2) is 0 Å². The topological polar surface area (TPSA) is 121 Å². The van der Waals surface area contributed by atoms with Crippen molar-refractivity contribution in [2.24, 2.45) is 0 Å². The molecule has 7 heteroatoms. The molecule has 0 heterocycles. The first-order valence-corrected chi connectivity index (χ1v) is 10.8. The minimum Gasteiger partial charge on any atom is -0.399 e. The molecule has 0 spiro atoms. The van der Waals surface area contributed by atoms with E-state index in [4.69, 9.17) is 21.4 Å². The monoisotopic (exact) mass is 433 g/mol. The normalized spacial score (nSPS) is 10.6. The summed E-state index contributed by atoms with van der Waals surface area (Å²) in [7, 11) is -3.79. The first-order valence-electron chi connectivity index (χ1n) is 9.40. The molecule has 0 fully saturated rings. The van der Waals surface area contributed by atoms with Crippen molar-refractivity contribution in [3.8, 4) is 16.9 Å². The van der Waals surface area contributed by atoms with E-state index in [1.54, 1.807) is 30.3 Å². The van der Waals surface area contributed by atoms with Gasteiger partial charge in [-0.1, -0.05) is 48.5 Å². The van der Waals surface area contributed by atoms with Crippen molar-refractivity contribution in [2.75, 3.05) is 17.2 Å². The van der Waals surface area contributed by atoms with Crippen LogP contribution in [0.15, 0.2) is 108 Å². The second-order valence-corrected chi connectivity index (χ2v) is 8.22. The molecule has 4 rings (SSSR count). The maximum Gasteiger partial charge on any atom is 0.339 e. The second-order valence-electron chi connectivity index (χ2n) is 6.67. The molecule has 31 heavy (non-hydrogen) atoms. The van der Waals surface area contributed by atoms with E-state index in [1.165, 1.54) is 24.3 Å². The van der Waals surface area contributed by atoms with Crippen LogP contribution in [-0.2, 0) is 10.1 Å². The molecular weight excluding hydrogens is 410 g/mol. The Morgan fingerprint density at radius 1 is 0.548 bits per heavy atom. The van der Waals surface area contributed by atoms with E-state index in [9.17, 15) is 8.42 Å². The quantitative estimate of drug-likeness (QED) is 0.320. The van der Waals surface area contributed by atoms with Crippen LogP contribution in [0.25, 0.3) is 11.1 Å². The molecule has 0 aliphatic carbocycles. The molecule has 0 aromatic heterocycles. The van der Waals surface area contributed by atoms with Gasteiger partial charge in [-0.25, -0.2) is 0 Å². The third kappa shape index (κ3) is 6.25. The van der Waals surface area contributed by atoms with Gasteiger partial charge in [-0.15, -0.1) is 0 Å². The predicted octanol–water partition coefficient (Wildman–Crippen LogP) is 4.55. The molecule has 0 amide bonds. The lowest BCUT2D eigenvalue weighted by Crippen LogP contribution is -2.09. The van der Waals surface area contributed by atoms with E-state index in [-0.39, 0.29) is 10.6 Å². The lowest BCUT2D eigenvalue weighted by Gasteiger charge is -2.06. The summed E-state index contributed by atoms with van der Waals surface area (Å²) in [6.07, 6.45) is 0. The van der Waals surface area contributed by atoms with E-state index in [0.29, 0.717) is 5.69 Å². The Kier molecular flexibility index (Phi) is 6.79. The highest BCUT2D eigenvalue weighted by molar-refractivity contribution is 7.87.